The Hall–Kier alpha value is -1.88. The summed E-state index contributed by atoms with van der Waals surface area (Å²) in [4.78, 5) is 19.6. The molecule has 1 aromatic carbocycles. The van der Waals surface area contributed by atoms with Gasteiger partial charge in [-0.25, -0.2) is 4.98 Å². The van der Waals surface area contributed by atoms with Crippen molar-refractivity contribution < 1.29 is 9.53 Å². The third-order valence-electron chi connectivity index (χ3n) is 4.71. The van der Waals surface area contributed by atoms with Crippen molar-refractivity contribution in [1.82, 2.24) is 9.88 Å². The molecule has 0 spiro atoms. The molecule has 1 aromatic heterocycles. The van der Waals surface area contributed by atoms with Gasteiger partial charge in [0.15, 0.2) is 0 Å². The molecule has 2 aromatic rings. The van der Waals surface area contributed by atoms with Gasteiger partial charge in [0.2, 0.25) is 0 Å². The van der Waals surface area contributed by atoms with E-state index in [1.165, 1.54) is 5.01 Å². The van der Waals surface area contributed by atoms with Crippen molar-refractivity contribution in [2.75, 3.05) is 19.7 Å². The van der Waals surface area contributed by atoms with E-state index >= 15 is 0 Å². The number of benzene rings is 1. The zero-order valence-electron chi connectivity index (χ0n) is 15.2. The van der Waals surface area contributed by atoms with E-state index in [-0.39, 0.29) is 5.91 Å². The van der Waals surface area contributed by atoms with Gasteiger partial charge in [0.05, 0.1) is 17.3 Å². The van der Waals surface area contributed by atoms with E-state index in [1.807, 2.05) is 36.9 Å². The Kier molecular flexibility index (Phi) is 5.74. The van der Waals surface area contributed by atoms with Crippen LogP contribution < -0.4 is 4.74 Å². The number of thiazole rings is 1. The number of rotatable bonds is 5. The van der Waals surface area contributed by atoms with Crippen molar-refractivity contribution >= 4 is 17.2 Å². The maximum atomic E-state index is 12.9. The standard InChI is InChI=1S/C20H26N2O2S/c1-4-17-13-25-19(21-17)16-7-6-10-22(12-16)20(23)15-8-9-18(24-5-2)14(3)11-15/h8-9,11,13,16H,4-7,10,12H2,1-3H3. The van der Waals surface area contributed by atoms with Crippen LogP contribution in [0.2, 0.25) is 0 Å². The lowest BCUT2D eigenvalue weighted by Crippen LogP contribution is -2.39. The maximum absolute atomic E-state index is 12.9. The van der Waals surface area contributed by atoms with E-state index < -0.39 is 0 Å². The summed E-state index contributed by atoms with van der Waals surface area (Å²) in [5.41, 5.74) is 2.91. The molecule has 25 heavy (non-hydrogen) atoms. The fraction of sp³-hybridized carbons (Fsp3) is 0.500. The lowest BCUT2D eigenvalue weighted by atomic mass is 9.97. The second-order valence-corrected chi connectivity index (χ2v) is 7.42. The van der Waals surface area contributed by atoms with Gasteiger partial charge in [-0.1, -0.05) is 6.92 Å². The number of carbonyl (C=O) groups is 1. The van der Waals surface area contributed by atoms with Crippen LogP contribution in [0.15, 0.2) is 23.6 Å². The summed E-state index contributed by atoms with van der Waals surface area (Å²) in [6.45, 7) is 8.31. The zero-order valence-corrected chi connectivity index (χ0v) is 16.1. The summed E-state index contributed by atoms with van der Waals surface area (Å²) >= 11 is 1.73. The van der Waals surface area contributed by atoms with E-state index in [0.717, 1.165) is 54.9 Å². The average molecular weight is 359 g/mol. The Bertz CT molecular complexity index is 741. The van der Waals surface area contributed by atoms with Gasteiger partial charge in [0.1, 0.15) is 5.75 Å². The van der Waals surface area contributed by atoms with E-state index in [9.17, 15) is 4.79 Å². The Morgan fingerprint density at radius 1 is 1.40 bits per heavy atom. The summed E-state index contributed by atoms with van der Waals surface area (Å²) in [7, 11) is 0. The SMILES string of the molecule is CCOc1ccc(C(=O)N2CCCC(c3nc(CC)cs3)C2)cc1C. The fourth-order valence-electron chi connectivity index (χ4n) is 3.32. The largest absolute Gasteiger partial charge is 0.494 e. The first kappa shape index (κ1) is 17.9. The third-order valence-corrected chi connectivity index (χ3v) is 5.77. The smallest absolute Gasteiger partial charge is 0.253 e. The molecule has 1 fully saturated rings. The number of hydrogen-bond donors (Lipinski definition) is 0. The predicted octanol–water partition coefficient (Wildman–Crippen LogP) is 4.43. The molecule has 1 aliphatic heterocycles. The van der Waals surface area contributed by atoms with Gasteiger partial charge in [-0.3, -0.25) is 4.79 Å². The molecular weight excluding hydrogens is 332 g/mol. The first-order valence-corrected chi connectivity index (χ1v) is 9.97. The second-order valence-electron chi connectivity index (χ2n) is 6.53. The highest BCUT2D eigenvalue weighted by Gasteiger charge is 2.27. The highest BCUT2D eigenvalue weighted by molar-refractivity contribution is 7.09. The van der Waals surface area contributed by atoms with Crippen molar-refractivity contribution in [2.45, 2.75) is 46.0 Å². The van der Waals surface area contributed by atoms with Gasteiger partial charge in [0, 0.05) is 30.0 Å². The number of piperidine rings is 1. The summed E-state index contributed by atoms with van der Waals surface area (Å²) in [6, 6.07) is 5.72. The van der Waals surface area contributed by atoms with Crippen LogP contribution in [-0.4, -0.2) is 35.5 Å². The van der Waals surface area contributed by atoms with E-state index in [4.69, 9.17) is 9.72 Å². The van der Waals surface area contributed by atoms with Gasteiger partial charge in [0.25, 0.3) is 5.91 Å². The van der Waals surface area contributed by atoms with Crippen molar-refractivity contribution in [1.29, 1.82) is 0 Å². The molecule has 134 valence electrons. The molecule has 0 bridgehead atoms. The molecule has 0 radical (unpaired) electrons. The van der Waals surface area contributed by atoms with Gasteiger partial charge < -0.3 is 9.64 Å². The minimum atomic E-state index is 0.114. The molecule has 0 N–H and O–H groups in total. The number of amides is 1. The van der Waals surface area contributed by atoms with Crippen molar-refractivity contribution in [3.05, 3.63) is 45.4 Å². The van der Waals surface area contributed by atoms with Crippen LogP contribution in [0.4, 0.5) is 0 Å². The fourth-order valence-corrected chi connectivity index (χ4v) is 4.35. The number of likely N-dealkylation sites (tertiary alicyclic amines) is 1. The molecule has 1 atom stereocenters. The number of hydrogen-bond acceptors (Lipinski definition) is 4. The van der Waals surface area contributed by atoms with Gasteiger partial charge in [-0.05, 0) is 56.9 Å². The normalized spacial score (nSPS) is 17.6. The van der Waals surface area contributed by atoms with Crippen LogP contribution in [0.3, 0.4) is 0 Å². The van der Waals surface area contributed by atoms with E-state index in [2.05, 4.69) is 12.3 Å². The first-order valence-electron chi connectivity index (χ1n) is 9.09. The molecule has 0 aliphatic carbocycles. The molecule has 5 heteroatoms. The van der Waals surface area contributed by atoms with Crippen molar-refractivity contribution in [2.24, 2.45) is 0 Å². The van der Waals surface area contributed by atoms with E-state index in [0.29, 0.717) is 12.5 Å². The highest BCUT2D eigenvalue weighted by atomic mass is 32.1. The van der Waals surface area contributed by atoms with Crippen LogP contribution in [0, 0.1) is 6.92 Å². The topological polar surface area (TPSA) is 42.4 Å². The lowest BCUT2D eigenvalue weighted by Gasteiger charge is -2.32. The Morgan fingerprint density at radius 3 is 2.92 bits per heavy atom. The Balaban J connectivity index is 1.72. The number of ether oxygens (including phenoxy) is 1. The zero-order chi connectivity index (χ0) is 17.8. The average Bonchev–Trinajstić information content (AvgIpc) is 3.12. The van der Waals surface area contributed by atoms with Gasteiger partial charge >= 0.3 is 0 Å². The highest BCUT2D eigenvalue weighted by Crippen LogP contribution is 2.30. The summed E-state index contributed by atoms with van der Waals surface area (Å²) in [6.07, 6.45) is 3.12. The molecule has 1 unspecified atom stereocenters. The van der Waals surface area contributed by atoms with Crippen molar-refractivity contribution in [3.8, 4) is 5.75 Å². The van der Waals surface area contributed by atoms with Gasteiger partial charge in [-0.15, -0.1) is 11.3 Å². The first-order chi connectivity index (χ1) is 12.1. The molecule has 2 heterocycles. The lowest BCUT2D eigenvalue weighted by molar-refractivity contribution is 0.0707. The van der Waals surface area contributed by atoms with Gasteiger partial charge in [-0.2, -0.15) is 0 Å². The van der Waals surface area contributed by atoms with Crippen molar-refractivity contribution in [3.63, 3.8) is 0 Å². The quantitative estimate of drug-likeness (QED) is 0.794. The molecule has 1 aliphatic rings. The maximum Gasteiger partial charge on any atom is 0.253 e. The summed E-state index contributed by atoms with van der Waals surface area (Å²) in [5.74, 6) is 1.33. The third kappa shape index (κ3) is 4.03. The minimum absolute atomic E-state index is 0.114. The van der Waals surface area contributed by atoms with Crippen LogP contribution in [-0.2, 0) is 6.42 Å². The van der Waals surface area contributed by atoms with Crippen LogP contribution in [0.25, 0.3) is 0 Å². The molecule has 3 rings (SSSR count). The van der Waals surface area contributed by atoms with Crippen LogP contribution in [0.5, 0.6) is 5.75 Å². The molecule has 1 saturated heterocycles. The summed E-state index contributed by atoms with van der Waals surface area (Å²) in [5, 5.41) is 3.32. The molecule has 4 nitrogen and oxygen atoms in total. The summed E-state index contributed by atoms with van der Waals surface area (Å²) < 4.78 is 5.57. The van der Waals surface area contributed by atoms with E-state index in [1.54, 1.807) is 11.3 Å². The van der Waals surface area contributed by atoms with Crippen LogP contribution >= 0.6 is 11.3 Å². The number of aromatic nitrogens is 1. The molecule has 1 amide bonds. The van der Waals surface area contributed by atoms with Crippen LogP contribution in [0.1, 0.15) is 59.2 Å². The second kappa shape index (κ2) is 8.00. The Morgan fingerprint density at radius 2 is 2.24 bits per heavy atom. The monoisotopic (exact) mass is 358 g/mol. The molecular formula is C20H26N2O2S. The number of aryl methyl sites for hydroxylation is 2. The Labute approximate surface area is 153 Å². The number of carbonyl (C=O) groups excluding carboxylic acids is 1. The number of nitrogens with zero attached hydrogens (tertiary/aromatic N) is 2. The minimum Gasteiger partial charge on any atom is -0.494 e. The molecule has 0 saturated carbocycles. The predicted molar refractivity (Wildman–Crippen MR) is 102 cm³/mol.